The van der Waals surface area contributed by atoms with Crippen molar-refractivity contribution in [3.05, 3.63) is 35.5 Å². The summed E-state index contributed by atoms with van der Waals surface area (Å²) in [6.07, 6.45) is 4.23. The molecule has 0 atom stereocenters. The van der Waals surface area contributed by atoms with Crippen molar-refractivity contribution in [2.75, 3.05) is 26.7 Å². The monoisotopic (exact) mass is 270 g/mol. The molecule has 0 aliphatic carbocycles. The fraction of sp³-hybridized carbons (Fsp3) is 0.438. The summed E-state index contributed by atoms with van der Waals surface area (Å²) in [6, 6.07) is 6.56. The third-order valence-corrected chi connectivity index (χ3v) is 4.00. The van der Waals surface area contributed by atoms with Crippen LogP contribution in [0.1, 0.15) is 18.1 Å². The molecule has 1 aliphatic rings. The van der Waals surface area contributed by atoms with Crippen molar-refractivity contribution in [3.8, 4) is 0 Å². The van der Waals surface area contributed by atoms with Gasteiger partial charge in [-0.2, -0.15) is 0 Å². The highest BCUT2D eigenvalue weighted by Gasteiger charge is 2.12. The van der Waals surface area contributed by atoms with Crippen molar-refractivity contribution in [3.63, 3.8) is 0 Å². The Morgan fingerprint density at radius 2 is 2.25 bits per heavy atom. The Kier molecular flexibility index (Phi) is 3.63. The van der Waals surface area contributed by atoms with Gasteiger partial charge < -0.3 is 15.2 Å². The lowest BCUT2D eigenvalue weighted by molar-refractivity contribution is 0.534. The zero-order chi connectivity index (χ0) is 13.9. The van der Waals surface area contributed by atoms with E-state index >= 15 is 0 Å². The Labute approximate surface area is 119 Å². The van der Waals surface area contributed by atoms with Crippen molar-refractivity contribution in [2.45, 2.75) is 19.8 Å². The number of hydrogen-bond acceptors (Lipinski definition) is 3. The van der Waals surface area contributed by atoms with E-state index in [4.69, 9.17) is 0 Å². The molecule has 0 amide bonds. The predicted molar refractivity (Wildman–Crippen MR) is 84.3 cm³/mol. The minimum Gasteiger partial charge on any atom is -0.361 e. The molecule has 0 unspecified atom stereocenters. The zero-order valence-corrected chi connectivity index (χ0v) is 12.2. The summed E-state index contributed by atoms with van der Waals surface area (Å²) in [6.45, 7) is 5.05. The van der Waals surface area contributed by atoms with Crippen LogP contribution >= 0.6 is 0 Å². The Morgan fingerprint density at radius 1 is 1.35 bits per heavy atom. The van der Waals surface area contributed by atoms with Gasteiger partial charge in [0.05, 0.1) is 6.54 Å². The van der Waals surface area contributed by atoms with Gasteiger partial charge in [-0.1, -0.05) is 25.1 Å². The number of aromatic nitrogens is 1. The number of benzene rings is 1. The van der Waals surface area contributed by atoms with E-state index in [2.05, 4.69) is 58.6 Å². The van der Waals surface area contributed by atoms with Gasteiger partial charge in [0.25, 0.3) is 0 Å². The molecule has 0 radical (unpaired) electrons. The second-order valence-corrected chi connectivity index (χ2v) is 5.31. The molecular weight excluding hydrogens is 248 g/mol. The molecule has 1 aliphatic heterocycles. The van der Waals surface area contributed by atoms with E-state index in [9.17, 15) is 0 Å². The Hall–Kier alpha value is -1.97. The zero-order valence-electron chi connectivity index (χ0n) is 12.2. The molecule has 2 N–H and O–H groups in total. The molecule has 0 saturated carbocycles. The van der Waals surface area contributed by atoms with Gasteiger partial charge in [0, 0.05) is 37.2 Å². The van der Waals surface area contributed by atoms with E-state index in [1.54, 1.807) is 0 Å². The van der Waals surface area contributed by atoms with Gasteiger partial charge in [0.2, 0.25) is 0 Å². The maximum atomic E-state index is 4.45. The normalized spacial score (nSPS) is 14.9. The minimum absolute atomic E-state index is 0.909. The third kappa shape index (κ3) is 2.38. The Morgan fingerprint density at radius 3 is 3.00 bits per heavy atom. The van der Waals surface area contributed by atoms with Gasteiger partial charge in [-0.05, 0) is 24.0 Å². The first-order valence-corrected chi connectivity index (χ1v) is 7.37. The van der Waals surface area contributed by atoms with E-state index in [1.807, 2.05) is 0 Å². The molecule has 4 heteroatoms. The highest BCUT2D eigenvalue weighted by Crippen LogP contribution is 2.22. The summed E-state index contributed by atoms with van der Waals surface area (Å²) in [5, 5.41) is 4.78. The van der Waals surface area contributed by atoms with E-state index in [0.717, 1.165) is 38.4 Å². The number of rotatable bonds is 4. The number of fused-ring (bicyclic) bond motifs is 1. The lowest BCUT2D eigenvalue weighted by Gasteiger charge is -2.14. The summed E-state index contributed by atoms with van der Waals surface area (Å²) >= 11 is 0. The van der Waals surface area contributed by atoms with Crippen LogP contribution in [-0.4, -0.2) is 42.5 Å². The molecule has 0 fully saturated rings. The maximum absolute atomic E-state index is 4.45. The standard InChI is InChI=1S/C16H22N4/c1-3-12-5-4-6-14-13(11-19-15(12)14)7-8-17-16-18-9-10-20(16)2/h4-6,11,19H,3,7-10H2,1-2H3,(H,17,18). The number of hydrogen-bond donors (Lipinski definition) is 2. The summed E-state index contributed by atoms with van der Waals surface area (Å²) in [5.74, 6) is 1.03. The van der Waals surface area contributed by atoms with Gasteiger partial charge >= 0.3 is 0 Å². The van der Waals surface area contributed by atoms with Gasteiger partial charge in [0.15, 0.2) is 5.96 Å². The number of aliphatic imine (C=N–C) groups is 1. The number of guanidine groups is 1. The highest BCUT2D eigenvalue weighted by atomic mass is 15.3. The molecule has 0 spiro atoms. The molecule has 1 aromatic carbocycles. The second kappa shape index (κ2) is 5.57. The first kappa shape index (κ1) is 13.0. The van der Waals surface area contributed by atoms with Gasteiger partial charge in [0.1, 0.15) is 0 Å². The van der Waals surface area contributed by atoms with E-state index in [0.29, 0.717) is 0 Å². The van der Waals surface area contributed by atoms with Crippen LogP contribution in [0.5, 0.6) is 0 Å². The molecule has 2 heterocycles. The smallest absolute Gasteiger partial charge is 0.193 e. The van der Waals surface area contributed by atoms with E-state index in [1.165, 1.54) is 22.0 Å². The number of nitrogens with one attached hydrogen (secondary N) is 2. The quantitative estimate of drug-likeness (QED) is 0.894. The van der Waals surface area contributed by atoms with Crippen molar-refractivity contribution in [1.82, 2.24) is 15.2 Å². The van der Waals surface area contributed by atoms with E-state index in [-0.39, 0.29) is 0 Å². The molecular formula is C16H22N4. The summed E-state index contributed by atoms with van der Waals surface area (Å²) in [5.41, 5.74) is 4.06. The summed E-state index contributed by atoms with van der Waals surface area (Å²) in [7, 11) is 2.08. The molecule has 2 aromatic rings. The van der Waals surface area contributed by atoms with Crippen LogP contribution in [-0.2, 0) is 12.8 Å². The molecule has 106 valence electrons. The maximum Gasteiger partial charge on any atom is 0.193 e. The fourth-order valence-corrected chi connectivity index (χ4v) is 2.81. The number of nitrogens with zero attached hydrogens (tertiary/aromatic N) is 2. The largest absolute Gasteiger partial charge is 0.361 e. The fourth-order valence-electron chi connectivity index (χ4n) is 2.81. The minimum atomic E-state index is 0.909. The average Bonchev–Trinajstić information content (AvgIpc) is 3.06. The Bertz CT molecular complexity index is 626. The molecule has 3 rings (SSSR count). The first-order chi connectivity index (χ1) is 9.79. The SMILES string of the molecule is CCc1cccc2c(CCNC3=NCCN3C)c[nH]c12. The lowest BCUT2D eigenvalue weighted by atomic mass is 10.1. The molecule has 20 heavy (non-hydrogen) atoms. The number of aromatic amines is 1. The van der Waals surface area contributed by atoms with Crippen LogP contribution in [0, 0.1) is 0 Å². The summed E-state index contributed by atoms with van der Waals surface area (Å²) in [4.78, 5) is 10.0. The third-order valence-electron chi connectivity index (χ3n) is 4.00. The molecule has 0 saturated heterocycles. The van der Waals surface area contributed by atoms with Gasteiger partial charge in [-0.25, -0.2) is 0 Å². The lowest BCUT2D eigenvalue weighted by Crippen LogP contribution is -2.36. The number of likely N-dealkylation sites (N-methyl/N-ethyl adjacent to an activating group) is 1. The van der Waals surface area contributed by atoms with Crippen molar-refractivity contribution in [1.29, 1.82) is 0 Å². The number of H-pyrrole nitrogens is 1. The van der Waals surface area contributed by atoms with Crippen LogP contribution in [0.25, 0.3) is 10.9 Å². The van der Waals surface area contributed by atoms with E-state index < -0.39 is 0 Å². The van der Waals surface area contributed by atoms with Crippen molar-refractivity contribution in [2.24, 2.45) is 4.99 Å². The van der Waals surface area contributed by atoms with Crippen LogP contribution in [0.15, 0.2) is 29.4 Å². The second-order valence-electron chi connectivity index (χ2n) is 5.31. The van der Waals surface area contributed by atoms with Gasteiger partial charge in [-0.15, -0.1) is 0 Å². The van der Waals surface area contributed by atoms with Crippen molar-refractivity contribution < 1.29 is 0 Å². The summed E-state index contributed by atoms with van der Waals surface area (Å²) < 4.78 is 0. The molecule has 0 bridgehead atoms. The highest BCUT2D eigenvalue weighted by molar-refractivity contribution is 5.86. The Balaban J connectivity index is 1.69. The van der Waals surface area contributed by atoms with Crippen LogP contribution < -0.4 is 5.32 Å². The van der Waals surface area contributed by atoms with Gasteiger partial charge in [-0.3, -0.25) is 4.99 Å². The van der Waals surface area contributed by atoms with Crippen LogP contribution in [0.2, 0.25) is 0 Å². The number of para-hydroxylation sites is 1. The number of aryl methyl sites for hydroxylation is 1. The first-order valence-electron chi connectivity index (χ1n) is 7.37. The van der Waals surface area contributed by atoms with Crippen molar-refractivity contribution >= 4 is 16.9 Å². The average molecular weight is 270 g/mol. The van der Waals surface area contributed by atoms with Crippen LogP contribution in [0.3, 0.4) is 0 Å². The molecule has 1 aromatic heterocycles. The predicted octanol–water partition coefficient (Wildman–Crippen LogP) is 2.16. The van der Waals surface area contributed by atoms with Crippen LogP contribution in [0.4, 0.5) is 0 Å². The topological polar surface area (TPSA) is 43.4 Å². The molecule has 4 nitrogen and oxygen atoms in total.